The molecule has 3 aliphatic rings. The molecule has 0 N–H and O–H groups in total. The first-order valence-corrected chi connectivity index (χ1v) is 9.16. The highest BCUT2D eigenvalue weighted by atomic mass is 16.7. The number of fused-ring (bicyclic) bond motifs is 4. The molecule has 2 aromatic carbocycles. The Kier molecular flexibility index (Phi) is 3.59. The van der Waals surface area contributed by atoms with Gasteiger partial charge in [-0.25, -0.2) is 0 Å². The van der Waals surface area contributed by atoms with Crippen LogP contribution in [0, 0.1) is 0 Å². The van der Waals surface area contributed by atoms with Gasteiger partial charge >= 0.3 is 0 Å². The zero-order valence-corrected chi connectivity index (χ0v) is 15.9. The molecule has 0 amide bonds. The monoisotopic (exact) mass is 380 g/mol. The van der Waals surface area contributed by atoms with E-state index >= 15 is 0 Å². The molecule has 0 spiro atoms. The highest BCUT2D eigenvalue weighted by molar-refractivity contribution is 6.06. The molecule has 3 aliphatic heterocycles. The van der Waals surface area contributed by atoms with Crippen LogP contribution in [0.4, 0.5) is 0 Å². The minimum Gasteiger partial charge on any atom is -0.493 e. The first-order valence-electron chi connectivity index (χ1n) is 9.16. The predicted octanol–water partition coefficient (Wildman–Crippen LogP) is 3.97. The second-order valence-corrected chi connectivity index (χ2v) is 7.58. The van der Waals surface area contributed by atoms with Crippen molar-refractivity contribution in [2.45, 2.75) is 25.4 Å². The quantitative estimate of drug-likeness (QED) is 0.786. The summed E-state index contributed by atoms with van der Waals surface area (Å²) < 4.78 is 28.5. The lowest BCUT2D eigenvalue weighted by Gasteiger charge is -2.33. The first-order chi connectivity index (χ1) is 13.5. The normalized spacial score (nSPS) is 20.7. The third kappa shape index (κ3) is 2.52. The van der Waals surface area contributed by atoms with E-state index in [1.165, 1.54) is 0 Å². The highest BCUT2D eigenvalue weighted by Gasteiger charge is 2.37. The Morgan fingerprint density at radius 2 is 1.89 bits per heavy atom. The molecule has 5 rings (SSSR count). The third-order valence-electron chi connectivity index (χ3n) is 5.24. The smallest absolute Gasteiger partial charge is 0.231 e. The molecular weight excluding hydrogens is 360 g/mol. The zero-order chi connectivity index (χ0) is 19.5. The Bertz CT molecular complexity index is 1020. The summed E-state index contributed by atoms with van der Waals surface area (Å²) in [6.45, 7) is 4.38. The van der Waals surface area contributed by atoms with Crippen molar-refractivity contribution in [3.05, 3.63) is 47.0 Å². The summed E-state index contributed by atoms with van der Waals surface area (Å²) in [5.74, 6) is 2.57. The molecule has 0 bridgehead atoms. The molecular formula is C22H20O6. The van der Waals surface area contributed by atoms with Crippen molar-refractivity contribution in [1.82, 2.24) is 0 Å². The third-order valence-corrected chi connectivity index (χ3v) is 5.24. The second kappa shape index (κ2) is 5.92. The molecule has 6 heteroatoms. The fourth-order valence-electron chi connectivity index (χ4n) is 3.78. The van der Waals surface area contributed by atoms with Gasteiger partial charge in [-0.3, -0.25) is 4.79 Å². The molecule has 2 aromatic rings. The summed E-state index contributed by atoms with van der Waals surface area (Å²) in [4.78, 5) is 13.3. The maximum absolute atomic E-state index is 13.3. The summed E-state index contributed by atoms with van der Waals surface area (Å²) in [6, 6.07) is 7.27. The van der Waals surface area contributed by atoms with E-state index in [2.05, 4.69) is 0 Å². The van der Waals surface area contributed by atoms with Crippen LogP contribution < -0.4 is 23.7 Å². The number of methoxy groups -OCH3 is 1. The van der Waals surface area contributed by atoms with E-state index in [4.69, 9.17) is 23.7 Å². The summed E-state index contributed by atoms with van der Waals surface area (Å²) in [6.07, 6.45) is 3.89. The largest absolute Gasteiger partial charge is 0.493 e. The molecule has 1 unspecified atom stereocenters. The summed E-state index contributed by atoms with van der Waals surface area (Å²) in [5, 5.41) is 0. The van der Waals surface area contributed by atoms with Gasteiger partial charge in [0, 0.05) is 0 Å². The number of carbonyl (C=O) groups is 1. The molecule has 0 aromatic heterocycles. The van der Waals surface area contributed by atoms with Gasteiger partial charge in [-0.2, -0.15) is 0 Å². The maximum atomic E-state index is 13.3. The Labute approximate surface area is 162 Å². The molecule has 0 fully saturated rings. The van der Waals surface area contributed by atoms with Crippen LogP contribution in [-0.4, -0.2) is 31.9 Å². The van der Waals surface area contributed by atoms with Crippen LogP contribution in [0.2, 0.25) is 0 Å². The number of Topliss-reactive ketones (excluding diaryl/α,β-unsaturated/α-hetero) is 1. The van der Waals surface area contributed by atoms with Gasteiger partial charge in [0.1, 0.15) is 18.0 Å². The molecule has 28 heavy (non-hydrogen) atoms. The van der Waals surface area contributed by atoms with Gasteiger partial charge < -0.3 is 23.7 Å². The standard InChI is InChI=1S/C22H20O6/c1-22(2)7-6-13-20-14(9-18(24-3)21(13)28-22)19(23)15(10-25-20)12-4-5-16-17(8-12)27-11-26-16/h4-9,15H,10-11H2,1-3H3. The van der Waals surface area contributed by atoms with E-state index in [0.717, 1.165) is 11.1 Å². The predicted molar refractivity (Wildman–Crippen MR) is 102 cm³/mol. The number of hydrogen-bond donors (Lipinski definition) is 0. The fraction of sp³-hybridized carbons (Fsp3) is 0.318. The van der Waals surface area contributed by atoms with Crippen molar-refractivity contribution in [1.29, 1.82) is 0 Å². The van der Waals surface area contributed by atoms with Gasteiger partial charge in [-0.15, -0.1) is 0 Å². The van der Waals surface area contributed by atoms with Crippen molar-refractivity contribution in [3.63, 3.8) is 0 Å². The van der Waals surface area contributed by atoms with Crippen LogP contribution in [0.1, 0.15) is 41.3 Å². The summed E-state index contributed by atoms with van der Waals surface area (Å²) >= 11 is 0. The van der Waals surface area contributed by atoms with Gasteiger partial charge in [-0.1, -0.05) is 6.07 Å². The topological polar surface area (TPSA) is 63.2 Å². The minimum absolute atomic E-state index is 0.0144. The SMILES string of the molecule is COc1cc2c(c3c1OC(C)(C)C=C3)OCC(c1ccc3c(c1)OCO3)C2=O. The van der Waals surface area contributed by atoms with Gasteiger partial charge in [0.15, 0.2) is 28.8 Å². The average molecular weight is 380 g/mol. The first kappa shape index (κ1) is 17.0. The minimum atomic E-state index is -0.456. The number of ether oxygens (including phenoxy) is 5. The number of ketones is 1. The fourth-order valence-corrected chi connectivity index (χ4v) is 3.78. The molecule has 6 nitrogen and oxygen atoms in total. The molecule has 0 saturated carbocycles. The molecule has 144 valence electrons. The van der Waals surface area contributed by atoms with Gasteiger partial charge in [0.2, 0.25) is 6.79 Å². The van der Waals surface area contributed by atoms with E-state index < -0.39 is 11.5 Å². The van der Waals surface area contributed by atoms with Crippen LogP contribution in [0.15, 0.2) is 30.3 Å². The van der Waals surface area contributed by atoms with Gasteiger partial charge in [0.25, 0.3) is 0 Å². The van der Waals surface area contributed by atoms with Crippen LogP contribution >= 0.6 is 0 Å². The average Bonchev–Trinajstić information content (AvgIpc) is 3.14. The van der Waals surface area contributed by atoms with Crippen LogP contribution in [0.25, 0.3) is 6.08 Å². The van der Waals surface area contributed by atoms with Crippen molar-refractivity contribution < 1.29 is 28.5 Å². The van der Waals surface area contributed by atoms with Crippen molar-refractivity contribution in [3.8, 4) is 28.7 Å². The molecule has 1 atom stereocenters. The van der Waals surface area contributed by atoms with E-state index in [-0.39, 0.29) is 19.2 Å². The molecule has 0 radical (unpaired) electrons. The van der Waals surface area contributed by atoms with Crippen molar-refractivity contribution >= 4 is 11.9 Å². The van der Waals surface area contributed by atoms with E-state index in [0.29, 0.717) is 34.3 Å². The van der Waals surface area contributed by atoms with Crippen LogP contribution in [0.5, 0.6) is 28.7 Å². The maximum Gasteiger partial charge on any atom is 0.231 e. The highest BCUT2D eigenvalue weighted by Crippen LogP contribution is 2.48. The number of hydrogen-bond acceptors (Lipinski definition) is 6. The van der Waals surface area contributed by atoms with E-state index in [9.17, 15) is 4.79 Å². The molecule has 0 saturated heterocycles. The van der Waals surface area contributed by atoms with E-state index in [1.807, 2.05) is 44.2 Å². The van der Waals surface area contributed by atoms with E-state index in [1.54, 1.807) is 13.2 Å². The Morgan fingerprint density at radius 3 is 2.71 bits per heavy atom. The number of carbonyl (C=O) groups excluding carboxylic acids is 1. The summed E-state index contributed by atoms with van der Waals surface area (Å²) in [5.41, 5.74) is 1.62. The van der Waals surface area contributed by atoms with Crippen molar-refractivity contribution in [2.24, 2.45) is 0 Å². The van der Waals surface area contributed by atoms with Crippen LogP contribution in [0.3, 0.4) is 0 Å². The lowest BCUT2D eigenvalue weighted by molar-refractivity contribution is 0.0893. The molecule has 0 aliphatic carbocycles. The zero-order valence-electron chi connectivity index (χ0n) is 15.9. The Balaban J connectivity index is 1.57. The Hall–Kier alpha value is -3.15. The van der Waals surface area contributed by atoms with Crippen LogP contribution in [-0.2, 0) is 0 Å². The lowest BCUT2D eigenvalue weighted by atomic mass is 9.86. The lowest BCUT2D eigenvalue weighted by Crippen LogP contribution is -2.30. The van der Waals surface area contributed by atoms with Gasteiger partial charge in [0.05, 0.1) is 24.2 Å². The summed E-state index contributed by atoms with van der Waals surface area (Å²) in [7, 11) is 1.57. The number of benzene rings is 2. The molecule has 3 heterocycles. The number of rotatable bonds is 2. The van der Waals surface area contributed by atoms with Gasteiger partial charge in [-0.05, 0) is 49.8 Å². The Morgan fingerprint density at radius 1 is 1.07 bits per heavy atom. The second-order valence-electron chi connectivity index (χ2n) is 7.58. The van der Waals surface area contributed by atoms with Crippen molar-refractivity contribution in [2.75, 3.05) is 20.5 Å².